The summed E-state index contributed by atoms with van der Waals surface area (Å²) in [5.41, 5.74) is 10.2. The molecule has 0 saturated carbocycles. The molecular formula is C21H24N4O7S. The zero-order valence-electron chi connectivity index (χ0n) is 17.9. The van der Waals surface area contributed by atoms with Gasteiger partial charge in [-0.25, -0.2) is 0 Å². The second-order valence-electron chi connectivity index (χ2n) is 7.38. The molecule has 176 valence electrons. The minimum absolute atomic E-state index is 0.0544. The molecule has 1 heterocycles. The van der Waals surface area contributed by atoms with Gasteiger partial charge in [0.05, 0.1) is 29.7 Å². The lowest BCUT2D eigenvalue weighted by molar-refractivity contribution is -0.234. The summed E-state index contributed by atoms with van der Waals surface area (Å²) in [6.45, 7) is 1.26. The topological polar surface area (TPSA) is 160 Å². The summed E-state index contributed by atoms with van der Waals surface area (Å²) in [5, 5.41) is 17.0. The number of aryl methyl sites for hydroxylation is 1. The van der Waals surface area contributed by atoms with Crippen LogP contribution in [-0.2, 0) is 23.8 Å². The molecule has 2 aromatic rings. The van der Waals surface area contributed by atoms with E-state index in [0.29, 0.717) is 5.56 Å². The first-order chi connectivity index (χ1) is 15.8. The molecule has 0 aliphatic carbocycles. The number of aliphatic hydroxyl groups is 1. The lowest BCUT2D eigenvalue weighted by atomic mass is 9.94. The van der Waals surface area contributed by atoms with Crippen molar-refractivity contribution in [3.8, 4) is 0 Å². The monoisotopic (exact) mass is 476 g/mol. The van der Waals surface area contributed by atoms with Crippen LogP contribution in [0.4, 0.5) is 0 Å². The molecule has 12 heteroatoms. The SMILES string of the molecule is CO[C@@H]1O[C@H](COS(=O)(=O)c2ccc(C)cc2)[C@H](O)[C@H](N=[N+]=[N-])[C@@H]1NC(=O)c1ccccc1. The molecule has 0 bridgehead atoms. The molecular weight excluding hydrogens is 452 g/mol. The molecule has 3 rings (SSSR count). The molecule has 1 amide bonds. The zero-order chi connectivity index (χ0) is 24.0. The second-order valence-corrected chi connectivity index (χ2v) is 9.00. The largest absolute Gasteiger partial charge is 0.390 e. The number of nitrogens with zero attached hydrogens (tertiary/aromatic N) is 3. The molecule has 0 unspecified atom stereocenters. The van der Waals surface area contributed by atoms with E-state index in [-0.39, 0.29) is 4.90 Å². The van der Waals surface area contributed by atoms with Crippen LogP contribution in [0.2, 0.25) is 0 Å². The number of benzene rings is 2. The summed E-state index contributed by atoms with van der Waals surface area (Å²) in [6.07, 6.45) is -3.84. The number of ether oxygens (including phenoxy) is 2. The summed E-state index contributed by atoms with van der Waals surface area (Å²) in [7, 11) is -2.82. The van der Waals surface area contributed by atoms with E-state index in [2.05, 4.69) is 15.3 Å². The average Bonchev–Trinajstić information content (AvgIpc) is 2.81. The van der Waals surface area contributed by atoms with Crippen molar-refractivity contribution in [1.82, 2.24) is 5.32 Å². The van der Waals surface area contributed by atoms with E-state index in [1.807, 2.05) is 6.92 Å². The van der Waals surface area contributed by atoms with Crippen molar-refractivity contribution < 1.29 is 32.0 Å². The van der Waals surface area contributed by atoms with Crippen molar-refractivity contribution in [1.29, 1.82) is 0 Å². The van der Waals surface area contributed by atoms with Crippen LogP contribution in [-0.4, -0.2) is 63.7 Å². The Kier molecular flexibility index (Phi) is 8.03. The van der Waals surface area contributed by atoms with Crippen LogP contribution in [0.5, 0.6) is 0 Å². The highest BCUT2D eigenvalue weighted by molar-refractivity contribution is 7.86. The fourth-order valence-electron chi connectivity index (χ4n) is 3.38. The van der Waals surface area contributed by atoms with Crippen molar-refractivity contribution in [2.45, 2.75) is 42.4 Å². The third-order valence-electron chi connectivity index (χ3n) is 5.15. The summed E-state index contributed by atoms with van der Waals surface area (Å²) in [6, 6.07) is 12.1. The Hall–Kier alpha value is -2.99. The fraction of sp³-hybridized carbons (Fsp3) is 0.381. The van der Waals surface area contributed by atoms with E-state index in [1.54, 1.807) is 42.5 Å². The predicted molar refractivity (Wildman–Crippen MR) is 117 cm³/mol. The second kappa shape index (κ2) is 10.8. The standard InChI is InChI=1S/C21H24N4O7S/c1-13-8-10-15(11-9-13)33(28,29)31-12-16-19(26)17(24-25-22)18(21(30-2)32-16)23-20(27)14-6-4-3-5-7-14/h3-11,16-19,21,26H,12H2,1-2H3,(H,23,27)/t16-,17-,18+,19+,21-/m1/s1. The first-order valence-corrected chi connectivity index (χ1v) is 11.4. The quantitative estimate of drug-likeness (QED) is 0.255. The number of amides is 1. The summed E-state index contributed by atoms with van der Waals surface area (Å²) < 4.78 is 41.0. The first kappa shape index (κ1) is 24.6. The number of methoxy groups -OCH3 is 1. The molecule has 0 aromatic heterocycles. The van der Waals surface area contributed by atoms with Crippen molar-refractivity contribution in [2.75, 3.05) is 13.7 Å². The van der Waals surface area contributed by atoms with Gasteiger partial charge in [0, 0.05) is 17.6 Å². The Morgan fingerprint density at radius 1 is 1.21 bits per heavy atom. The van der Waals surface area contributed by atoms with Crippen molar-refractivity contribution in [3.05, 3.63) is 76.2 Å². The van der Waals surface area contributed by atoms with E-state index in [4.69, 9.17) is 19.2 Å². The maximum Gasteiger partial charge on any atom is 0.297 e. The van der Waals surface area contributed by atoms with Crippen molar-refractivity contribution in [3.63, 3.8) is 0 Å². The van der Waals surface area contributed by atoms with Crippen molar-refractivity contribution in [2.24, 2.45) is 5.11 Å². The highest BCUT2D eigenvalue weighted by Crippen LogP contribution is 2.26. The molecule has 2 aromatic carbocycles. The van der Waals surface area contributed by atoms with Gasteiger partial charge < -0.3 is 19.9 Å². The molecule has 1 saturated heterocycles. The number of hydrogen-bond acceptors (Lipinski definition) is 8. The van der Waals surface area contributed by atoms with Crippen molar-refractivity contribution >= 4 is 16.0 Å². The Balaban J connectivity index is 1.76. The molecule has 1 fully saturated rings. The molecule has 5 atom stereocenters. The first-order valence-electron chi connectivity index (χ1n) is 9.99. The van der Waals surface area contributed by atoms with Crippen LogP contribution >= 0.6 is 0 Å². The van der Waals surface area contributed by atoms with Gasteiger partial charge >= 0.3 is 0 Å². The van der Waals surface area contributed by atoms with E-state index in [0.717, 1.165) is 5.56 Å². The van der Waals surface area contributed by atoms with Crippen LogP contribution in [0, 0.1) is 6.92 Å². The fourth-order valence-corrected chi connectivity index (χ4v) is 4.30. The maximum atomic E-state index is 12.6. The third-order valence-corrected chi connectivity index (χ3v) is 6.44. The average molecular weight is 477 g/mol. The van der Waals surface area contributed by atoms with E-state index in [9.17, 15) is 18.3 Å². The smallest absolute Gasteiger partial charge is 0.297 e. The minimum Gasteiger partial charge on any atom is -0.390 e. The van der Waals surface area contributed by atoms with Gasteiger partial charge in [0.15, 0.2) is 6.29 Å². The Bertz CT molecular complexity index is 1110. The zero-order valence-corrected chi connectivity index (χ0v) is 18.8. The number of hydrogen-bond donors (Lipinski definition) is 2. The summed E-state index contributed by atoms with van der Waals surface area (Å²) in [4.78, 5) is 15.3. The van der Waals surface area contributed by atoms with Gasteiger partial charge in [-0.3, -0.25) is 8.98 Å². The molecule has 1 aliphatic rings. The molecule has 0 radical (unpaired) electrons. The van der Waals surface area contributed by atoms with Gasteiger partial charge in [-0.2, -0.15) is 8.42 Å². The number of nitrogens with one attached hydrogen (secondary N) is 1. The highest BCUT2D eigenvalue weighted by Gasteiger charge is 2.46. The van der Waals surface area contributed by atoms with Gasteiger partial charge in [-0.05, 0) is 36.7 Å². The molecule has 11 nitrogen and oxygen atoms in total. The van der Waals surface area contributed by atoms with Gasteiger partial charge in [-0.1, -0.05) is 41.0 Å². The van der Waals surface area contributed by atoms with Crippen LogP contribution in [0.25, 0.3) is 10.4 Å². The maximum absolute atomic E-state index is 12.6. The van der Waals surface area contributed by atoms with Gasteiger partial charge in [-0.15, -0.1) is 0 Å². The van der Waals surface area contributed by atoms with E-state index in [1.165, 1.54) is 19.2 Å². The lowest BCUT2D eigenvalue weighted by Crippen LogP contribution is -2.64. The number of aliphatic hydroxyl groups excluding tert-OH is 1. The summed E-state index contributed by atoms with van der Waals surface area (Å²) in [5.74, 6) is -0.492. The van der Waals surface area contributed by atoms with Crippen LogP contribution in [0.1, 0.15) is 15.9 Å². The third kappa shape index (κ3) is 5.88. The van der Waals surface area contributed by atoms with Gasteiger partial charge in [0.1, 0.15) is 6.10 Å². The number of azide groups is 1. The van der Waals surface area contributed by atoms with Crippen LogP contribution < -0.4 is 5.32 Å². The Morgan fingerprint density at radius 3 is 2.48 bits per heavy atom. The van der Waals surface area contributed by atoms with Crippen LogP contribution in [0.15, 0.2) is 64.6 Å². The Labute approximate surface area is 191 Å². The lowest BCUT2D eigenvalue weighted by Gasteiger charge is -2.42. The number of carbonyl (C=O) groups excluding carboxylic acids is 1. The van der Waals surface area contributed by atoms with Gasteiger partial charge in [0.25, 0.3) is 16.0 Å². The molecule has 33 heavy (non-hydrogen) atoms. The Morgan fingerprint density at radius 2 is 1.88 bits per heavy atom. The molecule has 0 spiro atoms. The summed E-state index contributed by atoms with van der Waals surface area (Å²) >= 11 is 0. The number of rotatable bonds is 8. The molecule has 2 N–H and O–H groups in total. The van der Waals surface area contributed by atoms with Gasteiger partial charge in [0.2, 0.25) is 0 Å². The normalized spacial score (nSPS) is 25.1. The van der Waals surface area contributed by atoms with E-state index < -0.39 is 53.2 Å². The molecule has 1 aliphatic heterocycles. The highest BCUT2D eigenvalue weighted by atomic mass is 32.2. The predicted octanol–water partition coefficient (Wildman–Crippen LogP) is 1.91. The van der Waals surface area contributed by atoms with E-state index >= 15 is 0 Å². The minimum atomic E-state index is -4.13. The van der Waals surface area contributed by atoms with Crippen LogP contribution in [0.3, 0.4) is 0 Å². The number of carbonyl (C=O) groups is 1.